The van der Waals surface area contributed by atoms with Crippen LogP contribution in [0.25, 0.3) is 0 Å². The topological polar surface area (TPSA) is 47.1 Å². The first-order chi connectivity index (χ1) is 8.40. The molecule has 1 amide bonds. The summed E-state index contributed by atoms with van der Waals surface area (Å²) in [5.41, 5.74) is -0.433. The Morgan fingerprint density at radius 1 is 1.44 bits per heavy atom. The molecular weight excluding hydrogens is 230 g/mol. The second-order valence-electron chi connectivity index (χ2n) is 5.26. The number of aromatic nitrogens is 2. The molecule has 0 atom stereocenters. The maximum atomic E-state index is 11.4. The predicted octanol–water partition coefficient (Wildman–Crippen LogP) is 1.71. The first-order valence-electron chi connectivity index (χ1n) is 6.42. The molecule has 0 aromatic carbocycles. The van der Waals surface area contributed by atoms with Gasteiger partial charge in [-0.1, -0.05) is 0 Å². The Morgan fingerprint density at radius 2 is 2.17 bits per heavy atom. The van der Waals surface area contributed by atoms with Crippen LogP contribution in [0.4, 0.5) is 4.79 Å². The molecule has 1 rings (SSSR count). The lowest BCUT2D eigenvalue weighted by Gasteiger charge is -2.19. The molecule has 0 saturated heterocycles. The molecule has 1 N–H and O–H groups in total. The van der Waals surface area contributed by atoms with Crippen LogP contribution in [-0.4, -0.2) is 22.8 Å². The maximum absolute atomic E-state index is 11.4. The van der Waals surface area contributed by atoms with Crippen LogP contribution >= 0.6 is 0 Å². The zero-order valence-corrected chi connectivity index (χ0v) is 11.8. The van der Waals surface area contributed by atoms with Gasteiger partial charge in [-0.3, -0.25) is 0 Å². The number of nitrogens with one attached hydrogen (secondary N) is 1. The van der Waals surface area contributed by atoms with Crippen molar-refractivity contribution >= 4 is 6.09 Å². The van der Waals surface area contributed by atoms with E-state index >= 15 is 0 Å². The summed E-state index contributed by atoms with van der Waals surface area (Å²) in [6.07, 6.45) is 6.68. The fourth-order valence-electron chi connectivity index (χ4n) is 1.52. The van der Waals surface area contributed by atoms with E-state index < -0.39 is 5.60 Å². The van der Waals surface area contributed by atoms with Gasteiger partial charge in [-0.15, -0.1) is 0 Å². The Hall–Kier alpha value is -1.52. The molecule has 0 radical (unpaired) electrons. The van der Waals surface area contributed by atoms with E-state index in [1.54, 1.807) is 0 Å². The van der Waals surface area contributed by atoms with E-state index in [9.17, 15) is 4.79 Å². The van der Waals surface area contributed by atoms with Gasteiger partial charge >= 0.3 is 6.09 Å². The molecule has 0 bridgehead atoms. The van der Waals surface area contributed by atoms with Crippen LogP contribution in [0, 0.1) is 0 Å². The second kappa shape index (κ2) is 6.42. The molecule has 0 aliphatic rings. The van der Waals surface area contributed by atoms with Gasteiger partial charge in [0.2, 0.25) is 6.33 Å². The maximum Gasteiger partial charge on any atom is 0.407 e. The van der Waals surface area contributed by atoms with Gasteiger partial charge in [0, 0.05) is 13.0 Å². The summed E-state index contributed by atoms with van der Waals surface area (Å²) in [7, 11) is 0. The molecule has 0 fully saturated rings. The van der Waals surface area contributed by atoms with Crippen molar-refractivity contribution in [1.82, 2.24) is 9.88 Å². The molecule has 5 nitrogen and oxygen atoms in total. The highest BCUT2D eigenvalue weighted by atomic mass is 16.6. The number of hydrogen-bond acceptors (Lipinski definition) is 2. The van der Waals surface area contributed by atoms with Gasteiger partial charge in [0.1, 0.15) is 18.0 Å². The average Bonchev–Trinajstić information content (AvgIpc) is 2.70. The molecule has 0 unspecified atom stereocenters. The fraction of sp³-hybridized carbons (Fsp3) is 0.692. The quantitative estimate of drug-likeness (QED) is 0.642. The van der Waals surface area contributed by atoms with Gasteiger partial charge in [0.25, 0.3) is 0 Å². The molecule has 0 spiro atoms. The van der Waals surface area contributed by atoms with Gasteiger partial charge in [-0.05, 0) is 27.7 Å². The Bertz CT molecular complexity index is 380. The lowest BCUT2D eigenvalue weighted by molar-refractivity contribution is -0.696. The second-order valence-corrected chi connectivity index (χ2v) is 5.26. The smallest absolute Gasteiger partial charge is 0.407 e. The highest BCUT2D eigenvalue weighted by Gasteiger charge is 2.15. The lowest BCUT2D eigenvalue weighted by Crippen LogP contribution is -2.36. The van der Waals surface area contributed by atoms with Crippen molar-refractivity contribution in [3.05, 3.63) is 18.7 Å². The van der Waals surface area contributed by atoms with Gasteiger partial charge in [0.15, 0.2) is 0 Å². The first kappa shape index (κ1) is 14.5. The molecule has 0 aliphatic heterocycles. The Morgan fingerprint density at radius 3 is 2.72 bits per heavy atom. The fourth-order valence-corrected chi connectivity index (χ4v) is 1.52. The van der Waals surface area contributed by atoms with E-state index in [1.165, 1.54) is 0 Å². The van der Waals surface area contributed by atoms with E-state index in [1.807, 2.05) is 33.2 Å². The molecule has 1 aromatic heterocycles. The summed E-state index contributed by atoms with van der Waals surface area (Å²) in [5, 5.41) is 2.75. The minimum atomic E-state index is -0.433. The third-order valence-corrected chi connectivity index (χ3v) is 2.37. The summed E-state index contributed by atoms with van der Waals surface area (Å²) < 4.78 is 9.37. The van der Waals surface area contributed by atoms with Crippen LogP contribution in [0.3, 0.4) is 0 Å². The third kappa shape index (κ3) is 5.70. The van der Waals surface area contributed by atoms with E-state index in [0.29, 0.717) is 6.54 Å². The summed E-state index contributed by atoms with van der Waals surface area (Å²) >= 11 is 0. The molecule has 102 valence electrons. The number of nitrogens with zero attached hydrogens (tertiary/aromatic N) is 2. The number of carbonyl (C=O) groups excluding carboxylic acids is 1. The minimum Gasteiger partial charge on any atom is -0.444 e. The number of carbonyl (C=O) groups is 1. The molecule has 0 saturated carbocycles. The highest BCUT2D eigenvalue weighted by Crippen LogP contribution is 2.06. The minimum absolute atomic E-state index is 0.348. The van der Waals surface area contributed by atoms with Gasteiger partial charge < -0.3 is 10.1 Å². The van der Waals surface area contributed by atoms with Crippen LogP contribution in [0.15, 0.2) is 18.7 Å². The summed E-state index contributed by atoms with van der Waals surface area (Å²) in [6.45, 7) is 10.2. The van der Waals surface area contributed by atoms with Crippen LogP contribution < -0.4 is 9.88 Å². The number of hydrogen-bond donors (Lipinski definition) is 1. The van der Waals surface area contributed by atoms with E-state index in [-0.39, 0.29) is 6.09 Å². The van der Waals surface area contributed by atoms with Crippen molar-refractivity contribution in [3.63, 3.8) is 0 Å². The van der Waals surface area contributed by atoms with Crippen molar-refractivity contribution < 1.29 is 14.1 Å². The van der Waals surface area contributed by atoms with Crippen molar-refractivity contribution in [3.8, 4) is 0 Å². The van der Waals surface area contributed by atoms with Crippen LogP contribution in [0.5, 0.6) is 0 Å². The van der Waals surface area contributed by atoms with Crippen molar-refractivity contribution in [2.75, 3.05) is 6.54 Å². The first-order valence-corrected chi connectivity index (χ1v) is 6.42. The summed E-state index contributed by atoms with van der Waals surface area (Å²) in [5.74, 6) is 0. The molecular formula is C13H24N3O2+. The van der Waals surface area contributed by atoms with Crippen molar-refractivity contribution in [1.29, 1.82) is 0 Å². The number of aryl methyl sites for hydroxylation is 2. The normalized spacial score (nSPS) is 11.3. The third-order valence-electron chi connectivity index (χ3n) is 2.37. The number of amides is 1. The van der Waals surface area contributed by atoms with E-state index in [4.69, 9.17) is 4.74 Å². The largest absolute Gasteiger partial charge is 0.444 e. The number of imidazole rings is 1. The summed E-state index contributed by atoms with van der Waals surface area (Å²) in [4.78, 5) is 11.4. The van der Waals surface area contributed by atoms with Crippen LogP contribution in [-0.2, 0) is 17.8 Å². The average molecular weight is 254 g/mol. The molecule has 5 heteroatoms. The standard InChI is InChI=1S/C13H23N3O2/c1-5-15-9-10-16(11-15)8-6-7-14-12(17)18-13(2,3)4/h9-11H,5-8H2,1-4H3/p+1. The SMILES string of the molecule is CCn1cc[n+](CCCNC(=O)OC(C)(C)C)c1. The van der Waals surface area contributed by atoms with Crippen molar-refractivity contribution in [2.24, 2.45) is 0 Å². The van der Waals surface area contributed by atoms with Gasteiger partial charge in [-0.25, -0.2) is 13.9 Å². The van der Waals surface area contributed by atoms with Gasteiger partial charge in [-0.2, -0.15) is 0 Å². The highest BCUT2D eigenvalue weighted by molar-refractivity contribution is 5.67. The molecule has 18 heavy (non-hydrogen) atoms. The Labute approximate surface area is 109 Å². The van der Waals surface area contributed by atoms with Crippen LogP contribution in [0.2, 0.25) is 0 Å². The zero-order chi connectivity index (χ0) is 13.6. The molecule has 0 aliphatic carbocycles. The predicted molar refractivity (Wildman–Crippen MR) is 69.2 cm³/mol. The number of alkyl carbamates (subject to hydrolysis) is 1. The zero-order valence-electron chi connectivity index (χ0n) is 11.8. The molecule has 1 aromatic rings. The Kier molecular flexibility index (Phi) is 5.19. The van der Waals surface area contributed by atoms with Gasteiger partial charge in [0.05, 0.1) is 13.1 Å². The van der Waals surface area contributed by atoms with Crippen molar-refractivity contribution in [2.45, 2.75) is 52.8 Å². The van der Waals surface area contributed by atoms with Crippen LogP contribution in [0.1, 0.15) is 34.1 Å². The van der Waals surface area contributed by atoms with E-state index in [0.717, 1.165) is 19.5 Å². The Balaban J connectivity index is 2.17. The van der Waals surface area contributed by atoms with E-state index in [2.05, 4.69) is 27.7 Å². The lowest BCUT2D eigenvalue weighted by atomic mass is 10.2. The summed E-state index contributed by atoms with van der Waals surface area (Å²) in [6, 6.07) is 0. The monoisotopic (exact) mass is 254 g/mol. The number of rotatable bonds is 5. The number of ether oxygens (including phenoxy) is 1. The molecule has 1 heterocycles.